The Kier molecular flexibility index (Phi) is 6.22. The van der Waals surface area contributed by atoms with Gasteiger partial charge in [0.25, 0.3) is 0 Å². The Labute approximate surface area is 231 Å². The first kappa shape index (κ1) is 23.6. The van der Waals surface area contributed by atoms with Crippen LogP contribution in [0.25, 0.3) is 0 Å². The van der Waals surface area contributed by atoms with Gasteiger partial charge in [-0.2, -0.15) is 18.3 Å². The van der Waals surface area contributed by atoms with Crippen molar-refractivity contribution < 1.29 is 26.8 Å². The predicted octanol–water partition coefficient (Wildman–Crippen LogP) is 4.30. The molecule has 1 aromatic heterocycles. The molecule has 2 atom stereocenters. The molecule has 11 heteroatoms. The van der Waals surface area contributed by atoms with E-state index in [2.05, 4.69) is 15.3 Å². The largest absolute Gasteiger partial charge is 0.496 e. The second-order valence-electron chi connectivity index (χ2n) is 11.0. The van der Waals surface area contributed by atoms with Crippen molar-refractivity contribution in [1.82, 2.24) is 24.9 Å². The number of carbonyl (C=O) groups is 1. The highest BCUT2D eigenvalue weighted by Gasteiger charge is 2.50. The summed E-state index contributed by atoms with van der Waals surface area (Å²) in [6.07, 6.45) is -0.170. The number of alkyl halides is 3. The average molecular weight is 557 g/mol. The van der Waals surface area contributed by atoms with Crippen LogP contribution in [0.1, 0.15) is 70.7 Å². The summed E-state index contributed by atoms with van der Waals surface area (Å²) in [6.45, 7) is 4.09. The lowest BCUT2D eigenvalue weighted by Crippen LogP contribution is -2.56. The normalized spacial score (nSPS) is 26.4. The van der Waals surface area contributed by atoms with E-state index in [1.165, 1.54) is 0 Å². The van der Waals surface area contributed by atoms with Crippen molar-refractivity contribution >= 4 is 18.3 Å². The van der Waals surface area contributed by atoms with E-state index < -0.39 is 37.4 Å². The Morgan fingerprint density at radius 2 is 2.05 bits per heavy atom. The number of nitrogens with zero attached hydrogens (tertiary/aromatic N) is 4. The topological polar surface area (TPSA) is 62.6 Å². The Hall–Kier alpha value is -2.30. The number of ether oxygens (including phenoxy) is 1. The van der Waals surface area contributed by atoms with Gasteiger partial charge >= 0.3 is 6.18 Å². The summed E-state index contributed by atoms with van der Waals surface area (Å²) >= 11 is 0. The number of hydrogen-bond donors (Lipinski definition) is 1. The van der Waals surface area contributed by atoms with Gasteiger partial charge in [0.2, 0.25) is 5.91 Å². The van der Waals surface area contributed by atoms with E-state index in [0.717, 1.165) is 61.6 Å². The van der Waals surface area contributed by atoms with Crippen LogP contribution >= 0.6 is 12.4 Å². The minimum Gasteiger partial charge on any atom is -0.496 e. The van der Waals surface area contributed by atoms with Gasteiger partial charge < -0.3 is 15.0 Å². The van der Waals surface area contributed by atoms with Crippen LogP contribution < -0.4 is 10.1 Å². The minimum atomic E-state index is -4.62. The van der Waals surface area contributed by atoms with Crippen LogP contribution in [-0.2, 0) is 17.5 Å². The number of nitrogens with one attached hydrogen (secondary N) is 1. The van der Waals surface area contributed by atoms with Crippen molar-refractivity contribution in [2.24, 2.45) is 0 Å². The van der Waals surface area contributed by atoms with Gasteiger partial charge in [0, 0.05) is 43.7 Å². The average Bonchev–Trinajstić information content (AvgIpc) is 3.76. The van der Waals surface area contributed by atoms with Gasteiger partial charge in [0.15, 0.2) is 0 Å². The van der Waals surface area contributed by atoms with Crippen LogP contribution in [0.2, 0.25) is 0 Å². The van der Waals surface area contributed by atoms with Crippen molar-refractivity contribution in [3.8, 4) is 5.75 Å². The first-order valence-corrected chi connectivity index (χ1v) is 13.1. The lowest BCUT2D eigenvalue weighted by Gasteiger charge is -2.41. The molecule has 38 heavy (non-hydrogen) atoms. The Bertz CT molecular complexity index is 1300. The lowest BCUT2D eigenvalue weighted by molar-refractivity contribution is -0.146. The van der Waals surface area contributed by atoms with E-state index in [4.69, 9.17) is 8.85 Å². The summed E-state index contributed by atoms with van der Waals surface area (Å²) in [5.41, 5.74) is 0.929. The van der Waals surface area contributed by atoms with Gasteiger partial charge in [-0.3, -0.25) is 14.4 Å². The maximum Gasteiger partial charge on any atom is 0.433 e. The van der Waals surface area contributed by atoms with Crippen LogP contribution in [0.4, 0.5) is 13.2 Å². The van der Waals surface area contributed by atoms with Crippen molar-refractivity contribution in [3.63, 3.8) is 0 Å². The van der Waals surface area contributed by atoms with E-state index in [1.54, 1.807) is 24.0 Å². The fourth-order valence-corrected chi connectivity index (χ4v) is 6.22. The number of piperazine rings is 1. The quantitative estimate of drug-likeness (QED) is 0.575. The molecule has 1 spiro atoms. The molecule has 2 aliphatic carbocycles. The maximum absolute atomic E-state index is 13.9. The SMILES string of the molecule is Cl.[2H]C([2H])([2H])Oc1cccc([C@H]2[C@@H](N3CCNC4(CC4)C3)CCN2C(=O)Cn2nc(C3CC3)cc2C(F)(F)F)c1C. The second-order valence-corrected chi connectivity index (χ2v) is 11.0. The lowest BCUT2D eigenvalue weighted by atomic mass is 9.93. The molecule has 4 fully saturated rings. The van der Waals surface area contributed by atoms with Crippen LogP contribution in [0.5, 0.6) is 5.75 Å². The number of carbonyl (C=O) groups excluding carboxylic acids is 1. The molecular weight excluding hydrogens is 519 g/mol. The molecule has 0 unspecified atom stereocenters. The summed E-state index contributed by atoms with van der Waals surface area (Å²) in [4.78, 5) is 17.9. The molecule has 0 radical (unpaired) electrons. The molecule has 2 aliphatic heterocycles. The Morgan fingerprint density at radius 3 is 2.74 bits per heavy atom. The third kappa shape index (κ3) is 5.02. The summed E-state index contributed by atoms with van der Waals surface area (Å²) in [5, 5.41) is 7.81. The molecule has 208 valence electrons. The molecule has 1 amide bonds. The molecule has 3 heterocycles. The highest BCUT2D eigenvalue weighted by molar-refractivity contribution is 5.85. The number of aromatic nitrogens is 2. The standard InChI is InChI=1S/C27H34F3N5O2.ClH/c1-17-19(4-3-5-22(17)37-2)25-21(33-13-11-31-26(16-33)9-10-26)8-12-34(25)24(36)15-35-23(27(28,29)30)14-20(32-35)18-6-7-18;/h3-5,14,18,21,25,31H,6-13,15-16H2,1-2H3;1H/t21-,25-;/m0./s1/i2D3;. The van der Waals surface area contributed by atoms with Gasteiger partial charge in [-0.25, -0.2) is 0 Å². The van der Waals surface area contributed by atoms with Crippen molar-refractivity contribution in [3.05, 3.63) is 46.8 Å². The molecule has 1 aromatic carbocycles. The molecule has 1 N–H and O–H groups in total. The zero-order valence-electron chi connectivity index (χ0n) is 24.3. The first-order valence-electron chi connectivity index (χ1n) is 14.6. The number of halogens is 4. The summed E-state index contributed by atoms with van der Waals surface area (Å²) in [7, 11) is -2.64. The number of rotatable bonds is 6. The molecule has 2 aromatic rings. The van der Waals surface area contributed by atoms with Crippen LogP contribution in [0, 0.1) is 6.92 Å². The zero-order chi connectivity index (χ0) is 28.4. The first-order chi connectivity index (χ1) is 18.8. The molecule has 7 nitrogen and oxygen atoms in total. The molecule has 2 saturated carbocycles. The molecule has 2 saturated heterocycles. The molecule has 6 rings (SSSR count). The monoisotopic (exact) mass is 556 g/mol. The number of likely N-dealkylation sites (tertiary alicyclic amines) is 1. The van der Waals surface area contributed by atoms with Crippen LogP contribution in [0.3, 0.4) is 0 Å². The smallest absolute Gasteiger partial charge is 0.433 e. The van der Waals surface area contributed by atoms with Crippen LogP contribution in [0.15, 0.2) is 24.3 Å². The van der Waals surface area contributed by atoms with Gasteiger partial charge in [0.1, 0.15) is 18.0 Å². The van der Waals surface area contributed by atoms with Gasteiger partial charge in [0.05, 0.1) is 22.9 Å². The van der Waals surface area contributed by atoms with E-state index in [-0.39, 0.29) is 35.7 Å². The highest BCUT2D eigenvalue weighted by atomic mass is 35.5. The number of amides is 1. The van der Waals surface area contributed by atoms with Gasteiger partial charge in [-0.05, 0) is 62.3 Å². The molecule has 0 bridgehead atoms. The third-order valence-electron chi connectivity index (χ3n) is 8.54. The Morgan fingerprint density at radius 1 is 1.26 bits per heavy atom. The number of benzene rings is 1. The van der Waals surface area contributed by atoms with Gasteiger partial charge in [-0.1, -0.05) is 12.1 Å². The van der Waals surface area contributed by atoms with E-state index in [0.29, 0.717) is 24.2 Å². The minimum absolute atomic E-state index is 0. The Balaban J connectivity index is 0.00000337. The summed E-state index contributed by atoms with van der Waals surface area (Å²) in [6, 6.07) is 5.70. The number of methoxy groups -OCH3 is 1. The predicted molar refractivity (Wildman–Crippen MR) is 139 cm³/mol. The van der Waals surface area contributed by atoms with E-state index in [9.17, 15) is 18.0 Å². The highest BCUT2D eigenvalue weighted by Crippen LogP contribution is 2.44. The molecular formula is C27H35ClF3N5O2. The number of hydrogen-bond acceptors (Lipinski definition) is 5. The fraction of sp³-hybridized carbons (Fsp3) is 0.630. The van der Waals surface area contributed by atoms with Crippen molar-refractivity contribution in [2.45, 2.75) is 75.3 Å². The zero-order valence-corrected chi connectivity index (χ0v) is 22.1. The summed E-state index contributed by atoms with van der Waals surface area (Å²) < 4.78 is 70.4. The third-order valence-corrected chi connectivity index (χ3v) is 8.54. The van der Waals surface area contributed by atoms with Crippen molar-refractivity contribution in [1.29, 1.82) is 0 Å². The second kappa shape index (κ2) is 10.0. The fourth-order valence-electron chi connectivity index (χ4n) is 6.22. The van der Waals surface area contributed by atoms with Gasteiger partial charge in [-0.15, -0.1) is 12.4 Å². The maximum atomic E-state index is 13.9. The molecule has 4 aliphatic rings. The van der Waals surface area contributed by atoms with Crippen LogP contribution in [-0.4, -0.2) is 70.3 Å². The van der Waals surface area contributed by atoms with Crippen molar-refractivity contribution in [2.75, 3.05) is 33.2 Å². The summed E-state index contributed by atoms with van der Waals surface area (Å²) in [5.74, 6) is -0.219. The van der Waals surface area contributed by atoms with E-state index in [1.807, 2.05) is 6.07 Å². The van der Waals surface area contributed by atoms with E-state index >= 15 is 0 Å².